The van der Waals surface area contributed by atoms with E-state index in [4.69, 9.17) is 11.6 Å². The quantitative estimate of drug-likeness (QED) is 0.520. The second kappa shape index (κ2) is 9.81. The van der Waals surface area contributed by atoms with Crippen molar-refractivity contribution in [2.75, 3.05) is 18.8 Å². The Kier molecular flexibility index (Phi) is 8.59. The lowest BCUT2D eigenvalue weighted by Gasteiger charge is -2.05. The first-order valence-corrected chi connectivity index (χ1v) is 7.79. The van der Waals surface area contributed by atoms with Gasteiger partial charge in [0.1, 0.15) is 0 Å². The molecule has 0 radical (unpaired) electrons. The van der Waals surface area contributed by atoms with E-state index in [1.165, 1.54) is 30.6 Å². The molecule has 0 aromatic heterocycles. The number of benzene rings is 1. The lowest BCUT2D eigenvalue weighted by Crippen LogP contribution is -2.18. The average molecular weight is 272 g/mol. The van der Waals surface area contributed by atoms with Gasteiger partial charge in [-0.2, -0.15) is 0 Å². The molecule has 0 fully saturated rings. The Bertz CT molecular complexity index is 304. The summed E-state index contributed by atoms with van der Waals surface area (Å²) >= 11 is 7.90. The van der Waals surface area contributed by atoms with E-state index < -0.39 is 0 Å². The van der Waals surface area contributed by atoms with Crippen LogP contribution in [0.25, 0.3) is 0 Å². The molecule has 0 saturated heterocycles. The fourth-order valence-electron chi connectivity index (χ4n) is 1.60. The molecule has 0 bridgehead atoms. The molecule has 1 aromatic rings. The molecule has 0 atom stereocenters. The van der Waals surface area contributed by atoms with Crippen molar-refractivity contribution in [2.24, 2.45) is 0 Å². The summed E-state index contributed by atoms with van der Waals surface area (Å²) in [5.41, 5.74) is 0. The van der Waals surface area contributed by atoms with E-state index in [9.17, 15) is 0 Å². The molecular weight excluding hydrogens is 250 g/mol. The zero-order chi connectivity index (χ0) is 12.3. The highest BCUT2D eigenvalue weighted by Gasteiger charge is 1.98. The molecule has 0 unspecified atom stereocenters. The van der Waals surface area contributed by atoms with E-state index in [1.54, 1.807) is 0 Å². The predicted octanol–water partition coefficient (Wildman–Crippen LogP) is 4.60. The van der Waals surface area contributed by atoms with Crippen LogP contribution in [0, 0.1) is 0 Å². The summed E-state index contributed by atoms with van der Waals surface area (Å²) in [6.07, 6.45) is 5.31. The summed E-state index contributed by atoms with van der Waals surface area (Å²) in [6, 6.07) is 8.03. The Balaban J connectivity index is 1.99. The second-order valence-electron chi connectivity index (χ2n) is 4.09. The molecule has 0 saturated carbocycles. The van der Waals surface area contributed by atoms with Gasteiger partial charge >= 0.3 is 0 Å². The van der Waals surface area contributed by atoms with Gasteiger partial charge in [0.05, 0.1) is 5.02 Å². The third-order valence-electron chi connectivity index (χ3n) is 2.58. The number of unbranched alkanes of at least 4 members (excludes halogenated alkanes) is 3. The van der Waals surface area contributed by atoms with E-state index in [1.807, 2.05) is 30.0 Å². The van der Waals surface area contributed by atoms with Crippen LogP contribution in [0.3, 0.4) is 0 Å². The molecule has 96 valence electrons. The maximum atomic E-state index is 6.08. The Morgan fingerprint density at radius 2 is 1.94 bits per heavy atom. The van der Waals surface area contributed by atoms with Crippen LogP contribution in [-0.4, -0.2) is 18.8 Å². The minimum atomic E-state index is 0.862. The topological polar surface area (TPSA) is 12.0 Å². The third-order valence-corrected chi connectivity index (χ3v) is 4.10. The van der Waals surface area contributed by atoms with Crippen LogP contribution < -0.4 is 5.32 Å². The monoisotopic (exact) mass is 271 g/mol. The summed E-state index contributed by atoms with van der Waals surface area (Å²) in [6.45, 7) is 4.44. The van der Waals surface area contributed by atoms with Gasteiger partial charge < -0.3 is 5.32 Å². The number of hydrogen-bond donors (Lipinski definition) is 1. The molecule has 0 amide bonds. The van der Waals surface area contributed by atoms with E-state index >= 15 is 0 Å². The minimum absolute atomic E-state index is 0.862. The van der Waals surface area contributed by atoms with Gasteiger partial charge in [0, 0.05) is 17.2 Å². The van der Waals surface area contributed by atoms with Crippen molar-refractivity contribution in [3.63, 3.8) is 0 Å². The van der Waals surface area contributed by atoms with Gasteiger partial charge in [0.25, 0.3) is 0 Å². The van der Waals surface area contributed by atoms with Crippen molar-refractivity contribution in [2.45, 2.75) is 37.5 Å². The fourth-order valence-corrected chi connectivity index (χ4v) is 2.74. The number of thioether (sulfide) groups is 1. The van der Waals surface area contributed by atoms with E-state index in [-0.39, 0.29) is 0 Å². The summed E-state index contributed by atoms with van der Waals surface area (Å²) in [5, 5.41) is 4.33. The van der Waals surface area contributed by atoms with Crippen LogP contribution in [-0.2, 0) is 0 Å². The van der Waals surface area contributed by atoms with Gasteiger partial charge in [-0.3, -0.25) is 0 Å². The smallest absolute Gasteiger partial charge is 0.0541 e. The van der Waals surface area contributed by atoms with Gasteiger partial charge in [-0.25, -0.2) is 0 Å². The molecule has 1 nitrogen and oxygen atoms in total. The number of hydrogen-bond acceptors (Lipinski definition) is 2. The molecule has 0 aliphatic carbocycles. The first-order valence-electron chi connectivity index (χ1n) is 6.42. The maximum absolute atomic E-state index is 6.08. The van der Waals surface area contributed by atoms with Crippen molar-refractivity contribution >= 4 is 23.4 Å². The van der Waals surface area contributed by atoms with Gasteiger partial charge in [-0.15, -0.1) is 11.8 Å². The third kappa shape index (κ3) is 6.97. The van der Waals surface area contributed by atoms with Crippen LogP contribution in [0.15, 0.2) is 29.2 Å². The molecule has 0 spiro atoms. The molecule has 1 N–H and O–H groups in total. The van der Waals surface area contributed by atoms with Crippen LogP contribution in [0.5, 0.6) is 0 Å². The predicted molar refractivity (Wildman–Crippen MR) is 79.2 cm³/mol. The SMILES string of the molecule is CCCCCCNCCSc1ccccc1Cl. The van der Waals surface area contributed by atoms with Crippen molar-refractivity contribution in [3.8, 4) is 0 Å². The van der Waals surface area contributed by atoms with E-state index in [0.717, 1.165) is 23.9 Å². The van der Waals surface area contributed by atoms with Crippen LogP contribution in [0.4, 0.5) is 0 Å². The molecule has 0 aliphatic rings. The molecule has 0 heterocycles. The number of nitrogens with one attached hydrogen (secondary N) is 1. The van der Waals surface area contributed by atoms with Gasteiger partial charge in [-0.1, -0.05) is 49.9 Å². The molecule has 0 aliphatic heterocycles. The van der Waals surface area contributed by atoms with Gasteiger partial charge in [-0.05, 0) is 25.1 Å². The van der Waals surface area contributed by atoms with Gasteiger partial charge in [0.2, 0.25) is 0 Å². The highest BCUT2D eigenvalue weighted by atomic mass is 35.5. The molecule has 3 heteroatoms. The first kappa shape index (κ1) is 14.9. The number of halogens is 1. The summed E-state index contributed by atoms with van der Waals surface area (Å²) in [5.74, 6) is 1.08. The first-order chi connectivity index (χ1) is 8.34. The van der Waals surface area contributed by atoms with Crippen molar-refractivity contribution in [1.82, 2.24) is 5.32 Å². The molecule has 17 heavy (non-hydrogen) atoms. The highest BCUT2D eigenvalue weighted by molar-refractivity contribution is 7.99. The summed E-state index contributed by atoms with van der Waals surface area (Å²) in [7, 11) is 0. The zero-order valence-corrected chi connectivity index (χ0v) is 12.1. The Hall–Kier alpha value is -0.180. The second-order valence-corrected chi connectivity index (χ2v) is 5.63. The van der Waals surface area contributed by atoms with Crippen molar-refractivity contribution < 1.29 is 0 Å². The van der Waals surface area contributed by atoms with Gasteiger partial charge in [0.15, 0.2) is 0 Å². The largest absolute Gasteiger partial charge is 0.316 e. The lowest BCUT2D eigenvalue weighted by atomic mass is 10.2. The van der Waals surface area contributed by atoms with Crippen molar-refractivity contribution in [1.29, 1.82) is 0 Å². The maximum Gasteiger partial charge on any atom is 0.0541 e. The summed E-state index contributed by atoms with van der Waals surface area (Å²) < 4.78 is 0. The average Bonchev–Trinajstić information content (AvgIpc) is 2.35. The Labute approximate surface area is 114 Å². The van der Waals surface area contributed by atoms with E-state index in [2.05, 4.69) is 18.3 Å². The van der Waals surface area contributed by atoms with Crippen LogP contribution in [0.2, 0.25) is 5.02 Å². The fraction of sp³-hybridized carbons (Fsp3) is 0.571. The lowest BCUT2D eigenvalue weighted by molar-refractivity contribution is 0.613. The molecular formula is C14H22ClNS. The number of rotatable bonds is 9. The van der Waals surface area contributed by atoms with Crippen LogP contribution in [0.1, 0.15) is 32.6 Å². The normalized spacial score (nSPS) is 10.7. The molecule has 1 aromatic carbocycles. The van der Waals surface area contributed by atoms with E-state index in [0.29, 0.717) is 0 Å². The minimum Gasteiger partial charge on any atom is -0.316 e. The Morgan fingerprint density at radius 1 is 1.12 bits per heavy atom. The summed E-state index contributed by atoms with van der Waals surface area (Å²) in [4.78, 5) is 1.18. The Morgan fingerprint density at radius 3 is 2.71 bits per heavy atom. The van der Waals surface area contributed by atoms with Crippen molar-refractivity contribution in [3.05, 3.63) is 29.3 Å². The standard InChI is InChI=1S/C14H22ClNS/c1-2-3-4-7-10-16-11-12-17-14-9-6-5-8-13(14)15/h5-6,8-9,16H,2-4,7,10-12H2,1H3. The molecule has 1 rings (SSSR count). The zero-order valence-electron chi connectivity index (χ0n) is 10.5. The highest BCUT2D eigenvalue weighted by Crippen LogP contribution is 2.25. The van der Waals surface area contributed by atoms with Crippen LogP contribution >= 0.6 is 23.4 Å².